The summed E-state index contributed by atoms with van der Waals surface area (Å²) in [6, 6.07) is 15.7. The van der Waals surface area contributed by atoms with Crippen LogP contribution in [0.25, 0.3) is 0 Å². The molecule has 0 bridgehead atoms. The number of benzene rings is 2. The van der Waals surface area contributed by atoms with Crippen LogP contribution in [0.1, 0.15) is 43.6 Å². The van der Waals surface area contributed by atoms with Crippen molar-refractivity contribution >= 4 is 11.6 Å². The summed E-state index contributed by atoms with van der Waals surface area (Å²) in [5.74, 6) is 1.34. The number of carbonyl (C=O) groups excluding carboxylic acids is 1. The van der Waals surface area contributed by atoms with Gasteiger partial charge in [-0.25, -0.2) is 0 Å². The zero-order chi connectivity index (χ0) is 18.0. The molecule has 3 rings (SSSR count). The van der Waals surface area contributed by atoms with Crippen molar-refractivity contribution in [1.82, 2.24) is 4.90 Å². The molecule has 1 heterocycles. The van der Waals surface area contributed by atoms with E-state index >= 15 is 0 Å². The van der Waals surface area contributed by atoms with Gasteiger partial charge in [0.25, 0.3) is 5.91 Å². The molecular formula is C21H26N2O2. The summed E-state index contributed by atoms with van der Waals surface area (Å²) in [5.41, 5.74) is 1.98. The maximum Gasteiger partial charge on any atom is 0.258 e. The summed E-state index contributed by atoms with van der Waals surface area (Å²) in [5, 5.41) is 3.56. The van der Waals surface area contributed by atoms with E-state index < -0.39 is 5.66 Å². The average molecular weight is 338 g/mol. The van der Waals surface area contributed by atoms with E-state index in [4.69, 9.17) is 4.74 Å². The van der Waals surface area contributed by atoms with Crippen LogP contribution in [-0.4, -0.2) is 24.0 Å². The highest BCUT2D eigenvalue weighted by atomic mass is 16.5. The van der Waals surface area contributed by atoms with E-state index in [1.54, 1.807) is 0 Å². The first-order valence-electron chi connectivity index (χ1n) is 8.88. The minimum Gasteiger partial charge on any atom is -0.493 e. The Morgan fingerprint density at radius 2 is 1.92 bits per heavy atom. The quantitative estimate of drug-likeness (QED) is 0.874. The Morgan fingerprint density at radius 3 is 2.64 bits per heavy atom. The average Bonchev–Trinajstić information content (AvgIpc) is 2.60. The molecule has 132 valence electrons. The number of fused-ring (bicyclic) bond motifs is 1. The van der Waals surface area contributed by atoms with Crippen molar-refractivity contribution in [3.8, 4) is 5.75 Å². The number of nitrogens with zero attached hydrogens (tertiary/aromatic N) is 1. The Hall–Kier alpha value is -2.49. The van der Waals surface area contributed by atoms with Crippen LogP contribution >= 0.6 is 0 Å². The summed E-state index contributed by atoms with van der Waals surface area (Å²) >= 11 is 0. The van der Waals surface area contributed by atoms with Gasteiger partial charge in [0.15, 0.2) is 0 Å². The molecule has 1 amide bonds. The van der Waals surface area contributed by atoms with Gasteiger partial charge in [-0.3, -0.25) is 4.79 Å². The van der Waals surface area contributed by atoms with Crippen LogP contribution in [0.3, 0.4) is 0 Å². The smallest absolute Gasteiger partial charge is 0.258 e. The van der Waals surface area contributed by atoms with Crippen molar-refractivity contribution < 1.29 is 9.53 Å². The lowest BCUT2D eigenvalue weighted by molar-refractivity contribution is 0.0552. The number of para-hydroxylation sites is 1. The van der Waals surface area contributed by atoms with Crippen LogP contribution < -0.4 is 10.1 Å². The highest BCUT2D eigenvalue weighted by molar-refractivity contribution is 6.02. The lowest BCUT2D eigenvalue weighted by Gasteiger charge is -2.46. The molecule has 0 saturated carbocycles. The van der Waals surface area contributed by atoms with Gasteiger partial charge < -0.3 is 15.0 Å². The molecule has 0 fully saturated rings. The third-order valence-corrected chi connectivity index (χ3v) is 4.62. The van der Waals surface area contributed by atoms with E-state index in [2.05, 4.69) is 19.2 Å². The number of carbonyl (C=O) groups is 1. The zero-order valence-corrected chi connectivity index (χ0v) is 15.4. The highest BCUT2D eigenvalue weighted by Gasteiger charge is 2.41. The Morgan fingerprint density at radius 1 is 1.16 bits per heavy atom. The van der Waals surface area contributed by atoms with Crippen molar-refractivity contribution in [2.24, 2.45) is 5.92 Å². The fourth-order valence-electron chi connectivity index (χ4n) is 3.30. The standard InChI is InChI=1S/C21H26N2O2/c1-5-23-20(24)18-11-6-7-12-19(18)22-21(23,4)16-9-8-10-17(13-16)25-14-15(2)3/h6-13,15,22H,5,14H2,1-4H3. The first kappa shape index (κ1) is 17.3. The molecule has 1 aliphatic rings. The number of amides is 1. The molecular weight excluding hydrogens is 312 g/mol. The monoisotopic (exact) mass is 338 g/mol. The third-order valence-electron chi connectivity index (χ3n) is 4.62. The number of rotatable bonds is 5. The van der Waals surface area contributed by atoms with Crippen LogP contribution in [0.15, 0.2) is 48.5 Å². The van der Waals surface area contributed by atoms with Gasteiger partial charge in [0.2, 0.25) is 0 Å². The first-order chi connectivity index (χ1) is 12.0. The van der Waals surface area contributed by atoms with Crippen molar-refractivity contribution in [3.05, 3.63) is 59.7 Å². The molecule has 1 unspecified atom stereocenters. The molecule has 1 aliphatic heterocycles. The second-order valence-corrected chi connectivity index (χ2v) is 7.02. The lowest BCUT2D eigenvalue weighted by Crippen LogP contribution is -2.55. The molecule has 4 heteroatoms. The van der Waals surface area contributed by atoms with Gasteiger partial charge in [0, 0.05) is 17.8 Å². The van der Waals surface area contributed by atoms with E-state index in [0.717, 1.165) is 17.0 Å². The molecule has 1 N–H and O–H groups in total. The molecule has 0 aromatic heterocycles. The van der Waals surface area contributed by atoms with Gasteiger partial charge in [-0.05, 0) is 44.0 Å². The summed E-state index contributed by atoms with van der Waals surface area (Å²) in [6.07, 6.45) is 0. The minimum absolute atomic E-state index is 0.0489. The fraction of sp³-hybridized carbons (Fsp3) is 0.381. The number of nitrogens with one attached hydrogen (secondary N) is 1. The summed E-state index contributed by atoms with van der Waals surface area (Å²) in [7, 11) is 0. The van der Waals surface area contributed by atoms with Gasteiger partial charge in [-0.2, -0.15) is 0 Å². The Balaban J connectivity index is 2.00. The Kier molecular flexibility index (Phi) is 4.71. The fourth-order valence-corrected chi connectivity index (χ4v) is 3.30. The molecule has 2 aromatic rings. The summed E-state index contributed by atoms with van der Waals surface area (Å²) in [4.78, 5) is 14.9. The molecule has 0 spiro atoms. The highest BCUT2D eigenvalue weighted by Crippen LogP contribution is 2.38. The van der Waals surface area contributed by atoms with Crippen LogP contribution in [0.4, 0.5) is 5.69 Å². The maximum atomic E-state index is 13.0. The van der Waals surface area contributed by atoms with Gasteiger partial charge in [-0.15, -0.1) is 0 Å². The number of hydrogen-bond acceptors (Lipinski definition) is 3. The Bertz CT molecular complexity index is 772. The third kappa shape index (κ3) is 3.21. The number of hydrogen-bond donors (Lipinski definition) is 1. The molecule has 2 aromatic carbocycles. The molecule has 0 saturated heterocycles. The van der Waals surface area contributed by atoms with Crippen LogP contribution in [-0.2, 0) is 5.66 Å². The molecule has 0 radical (unpaired) electrons. The minimum atomic E-state index is -0.614. The van der Waals surface area contributed by atoms with E-state index in [9.17, 15) is 4.79 Å². The van der Waals surface area contributed by atoms with Crippen LogP contribution in [0.2, 0.25) is 0 Å². The van der Waals surface area contributed by atoms with Gasteiger partial charge in [0.1, 0.15) is 11.4 Å². The van der Waals surface area contributed by atoms with Crippen molar-refractivity contribution in [1.29, 1.82) is 0 Å². The normalized spacial score (nSPS) is 19.6. The van der Waals surface area contributed by atoms with Crippen molar-refractivity contribution in [3.63, 3.8) is 0 Å². The number of anilines is 1. The first-order valence-corrected chi connectivity index (χ1v) is 8.88. The van der Waals surface area contributed by atoms with Crippen molar-refractivity contribution in [2.45, 2.75) is 33.4 Å². The van der Waals surface area contributed by atoms with Crippen LogP contribution in [0.5, 0.6) is 5.75 Å². The SMILES string of the molecule is CCN1C(=O)c2ccccc2NC1(C)c1cccc(OCC(C)C)c1. The van der Waals surface area contributed by atoms with Crippen molar-refractivity contribution in [2.75, 3.05) is 18.5 Å². The molecule has 25 heavy (non-hydrogen) atoms. The predicted molar refractivity (Wildman–Crippen MR) is 101 cm³/mol. The molecule has 4 nitrogen and oxygen atoms in total. The predicted octanol–water partition coefficient (Wildman–Crippen LogP) is 4.48. The topological polar surface area (TPSA) is 41.6 Å². The Labute approximate surface area is 149 Å². The van der Waals surface area contributed by atoms with Gasteiger partial charge in [0.05, 0.1) is 12.2 Å². The van der Waals surface area contributed by atoms with Gasteiger partial charge in [-0.1, -0.05) is 38.1 Å². The van der Waals surface area contributed by atoms with E-state index in [1.807, 2.05) is 67.3 Å². The summed E-state index contributed by atoms with van der Waals surface area (Å²) in [6.45, 7) is 9.60. The maximum absolute atomic E-state index is 13.0. The second kappa shape index (κ2) is 6.79. The zero-order valence-electron chi connectivity index (χ0n) is 15.4. The van der Waals surface area contributed by atoms with E-state index in [0.29, 0.717) is 24.6 Å². The van der Waals surface area contributed by atoms with E-state index in [-0.39, 0.29) is 5.91 Å². The lowest BCUT2D eigenvalue weighted by atomic mass is 9.93. The summed E-state index contributed by atoms with van der Waals surface area (Å²) < 4.78 is 5.88. The molecule has 0 aliphatic carbocycles. The van der Waals surface area contributed by atoms with Gasteiger partial charge >= 0.3 is 0 Å². The second-order valence-electron chi connectivity index (χ2n) is 7.02. The molecule has 1 atom stereocenters. The van der Waals surface area contributed by atoms with E-state index in [1.165, 1.54) is 0 Å². The van der Waals surface area contributed by atoms with Crippen LogP contribution in [0, 0.1) is 5.92 Å². The largest absolute Gasteiger partial charge is 0.493 e. The number of ether oxygens (including phenoxy) is 1.